The third kappa shape index (κ3) is 2.22. The molecule has 0 heterocycles. The van der Waals surface area contributed by atoms with Crippen molar-refractivity contribution in [2.24, 2.45) is 0 Å². The monoisotopic (exact) mass is 243 g/mol. The van der Waals surface area contributed by atoms with Gasteiger partial charge in [-0.25, -0.2) is 0 Å². The van der Waals surface area contributed by atoms with Gasteiger partial charge in [-0.1, -0.05) is 26.0 Å². The Labute approximate surface area is 109 Å². The van der Waals surface area contributed by atoms with E-state index in [0.29, 0.717) is 17.7 Å². The fraction of sp³-hybridized carbons (Fsp3) is 0.562. The molecule has 18 heavy (non-hydrogen) atoms. The van der Waals surface area contributed by atoms with Crippen LogP contribution < -0.4 is 5.32 Å². The fourth-order valence-corrected chi connectivity index (χ4v) is 2.71. The molecule has 2 nitrogen and oxygen atoms in total. The van der Waals surface area contributed by atoms with Crippen molar-refractivity contribution >= 4 is 5.78 Å². The molecule has 0 aliphatic heterocycles. The van der Waals surface area contributed by atoms with Gasteiger partial charge in [0.1, 0.15) is 0 Å². The predicted molar refractivity (Wildman–Crippen MR) is 73.1 cm³/mol. The number of benzene rings is 1. The molecule has 1 unspecified atom stereocenters. The summed E-state index contributed by atoms with van der Waals surface area (Å²) in [5.41, 5.74) is 3.47. The first-order valence-corrected chi connectivity index (χ1v) is 7.08. The molecule has 2 aliphatic rings. The second-order valence-corrected chi connectivity index (χ2v) is 5.97. The smallest absolute Gasteiger partial charge is 0.180 e. The lowest BCUT2D eigenvalue weighted by Crippen LogP contribution is -2.41. The second kappa shape index (κ2) is 4.51. The van der Waals surface area contributed by atoms with E-state index in [1.165, 1.54) is 24.0 Å². The van der Waals surface area contributed by atoms with Crippen molar-refractivity contribution in [3.8, 4) is 0 Å². The van der Waals surface area contributed by atoms with Crippen LogP contribution in [0.5, 0.6) is 0 Å². The number of fused-ring (bicyclic) bond motifs is 1. The first-order chi connectivity index (χ1) is 8.65. The summed E-state index contributed by atoms with van der Waals surface area (Å²) in [4.78, 5) is 12.5. The average molecular weight is 243 g/mol. The molecular weight excluding hydrogens is 222 g/mol. The maximum Gasteiger partial charge on any atom is 0.180 e. The number of carbonyl (C=O) groups excluding carboxylic acids is 1. The molecular formula is C16H21NO. The van der Waals surface area contributed by atoms with E-state index >= 15 is 0 Å². The highest BCUT2D eigenvalue weighted by molar-refractivity contribution is 6.02. The number of carbonyl (C=O) groups is 1. The molecule has 0 amide bonds. The summed E-state index contributed by atoms with van der Waals surface area (Å²) >= 11 is 0. The Balaban J connectivity index is 1.87. The molecule has 1 fully saturated rings. The summed E-state index contributed by atoms with van der Waals surface area (Å²) < 4.78 is 0. The zero-order chi connectivity index (χ0) is 12.7. The Kier molecular flexibility index (Phi) is 2.98. The van der Waals surface area contributed by atoms with E-state index < -0.39 is 0 Å². The topological polar surface area (TPSA) is 29.1 Å². The van der Waals surface area contributed by atoms with E-state index in [1.54, 1.807) is 0 Å². The van der Waals surface area contributed by atoms with E-state index in [9.17, 15) is 4.79 Å². The quantitative estimate of drug-likeness (QED) is 0.884. The van der Waals surface area contributed by atoms with Crippen LogP contribution in [0, 0.1) is 0 Å². The van der Waals surface area contributed by atoms with Gasteiger partial charge in [0.25, 0.3) is 0 Å². The lowest BCUT2D eigenvalue weighted by atomic mass is 9.84. The summed E-state index contributed by atoms with van der Waals surface area (Å²) in [6, 6.07) is 7.10. The number of hydrogen-bond acceptors (Lipinski definition) is 2. The third-order valence-corrected chi connectivity index (χ3v) is 4.10. The van der Waals surface area contributed by atoms with Crippen LogP contribution in [0.4, 0.5) is 0 Å². The minimum atomic E-state index is 0.0624. The molecule has 0 spiro atoms. The minimum Gasteiger partial charge on any atom is -0.304 e. The van der Waals surface area contributed by atoms with Crippen molar-refractivity contribution in [1.29, 1.82) is 0 Å². The molecule has 2 aliphatic carbocycles. The fourth-order valence-electron chi connectivity index (χ4n) is 2.71. The Morgan fingerprint density at radius 1 is 1.22 bits per heavy atom. The van der Waals surface area contributed by atoms with Gasteiger partial charge in [0.05, 0.1) is 6.04 Å². The van der Waals surface area contributed by atoms with Crippen molar-refractivity contribution in [3.05, 3.63) is 34.9 Å². The van der Waals surface area contributed by atoms with Crippen LogP contribution in [0.2, 0.25) is 0 Å². The summed E-state index contributed by atoms with van der Waals surface area (Å²) in [7, 11) is 0. The molecule has 0 bridgehead atoms. The van der Waals surface area contributed by atoms with Crippen LogP contribution in [-0.4, -0.2) is 17.9 Å². The molecule has 1 atom stereocenters. The molecule has 1 saturated carbocycles. The summed E-state index contributed by atoms with van der Waals surface area (Å²) in [5.74, 6) is 0.797. The van der Waals surface area contributed by atoms with Gasteiger partial charge in [-0.3, -0.25) is 4.79 Å². The molecule has 2 heteroatoms. The molecule has 0 saturated heterocycles. The number of Topliss-reactive ketones (excluding diaryl/α,β-unsaturated/α-hetero) is 1. The van der Waals surface area contributed by atoms with Crippen molar-refractivity contribution in [3.63, 3.8) is 0 Å². The van der Waals surface area contributed by atoms with Crippen LogP contribution in [0.25, 0.3) is 0 Å². The van der Waals surface area contributed by atoms with Crippen molar-refractivity contribution in [1.82, 2.24) is 5.32 Å². The van der Waals surface area contributed by atoms with Gasteiger partial charge >= 0.3 is 0 Å². The van der Waals surface area contributed by atoms with E-state index in [4.69, 9.17) is 0 Å². The number of nitrogens with one attached hydrogen (secondary N) is 1. The zero-order valence-electron chi connectivity index (χ0n) is 11.2. The number of rotatable bonds is 3. The molecule has 1 aromatic rings. The number of ketones is 1. The Morgan fingerprint density at radius 3 is 2.67 bits per heavy atom. The summed E-state index contributed by atoms with van der Waals surface area (Å²) in [6.45, 7) is 4.35. The Hall–Kier alpha value is -1.15. The largest absolute Gasteiger partial charge is 0.304 e. The van der Waals surface area contributed by atoms with Gasteiger partial charge in [-0.2, -0.15) is 0 Å². The maximum absolute atomic E-state index is 12.5. The first-order valence-electron chi connectivity index (χ1n) is 7.08. The van der Waals surface area contributed by atoms with Crippen LogP contribution in [0.1, 0.15) is 60.5 Å². The van der Waals surface area contributed by atoms with Crippen LogP contribution in [0.15, 0.2) is 18.2 Å². The van der Waals surface area contributed by atoms with Crippen LogP contribution in [-0.2, 0) is 6.42 Å². The van der Waals surface area contributed by atoms with Gasteiger partial charge in [0.2, 0.25) is 0 Å². The summed E-state index contributed by atoms with van der Waals surface area (Å²) in [6.07, 6.45) is 4.47. The standard InChI is InChI=1S/C16H21NO/c1-10(2)12-4-3-11-5-8-15(17-13-6-7-13)16(18)14(11)9-12/h3-4,9-10,13,15,17H,5-8H2,1-2H3. The molecule has 0 aromatic heterocycles. The molecule has 96 valence electrons. The van der Waals surface area contributed by atoms with E-state index in [1.807, 2.05) is 0 Å². The first kappa shape index (κ1) is 11.9. The maximum atomic E-state index is 12.5. The van der Waals surface area contributed by atoms with Gasteiger partial charge in [-0.15, -0.1) is 0 Å². The third-order valence-electron chi connectivity index (χ3n) is 4.10. The summed E-state index contributed by atoms with van der Waals surface area (Å²) in [5, 5.41) is 3.48. The highest BCUT2D eigenvalue weighted by Gasteiger charge is 2.32. The van der Waals surface area contributed by atoms with Crippen molar-refractivity contribution in [2.45, 2.75) is 57.5 Å². The highest BCUT2D eigenvalue weighted by atomic mass is 16.1. The Morgan fingerprint density at radius 2 is 2.00 bits per heavy atom. The van der Waals surface area contributed by atoms with Gasteiger partial charge < -0.3 is 5.32 Å². The van der Waals surface area contributed by atoms with E-state index in [0.717, 1.165) is 18.4 Å². The zero-order valence-corrected chi connectivity index (χ0v) is 11.2. The SMILES string of the molecule is CC(C)c1ccc2c(c1)C(=O)C(NC1CC1)CC2. The normalized spacial score (nSPS) is 23.3. The second-order valence-electron chi connectivity index (χ2n) is 5.97. The van der Waals surface area contributed by atoms with Gasteiger partial charge in [0.15, 0.2) is 5.78 Å². The van der Waals surface area contributed by atoms with Crippen molar-refractivity contribution in [2.75, 3.05) is 0 Å². The lowest BCUT2D eigenvalue weighted by Gasteiger charge is -2.25. The Bertz CT molecular complexity index is 474. The molecule has 0 radical (unpaired) electrons. The van der Waals surface area contributed by atoms with Crippen LogP contribution in [0.3, 0.4) is 0 Å². The van der Waals surface area contributed by atoms with Crippen molar-refractivity contribution < 1.29 is 4.79 Å². The molecule has 1 N–H and O–H groups in total. The van der Waals surface area contributed by atoms with Gasteiger partial charge in [-0.05, 0) is 48.8 Å². The van der Waals surface area contributed by atoms with E-state index in [-0.39, 0.29) is 6.04 Å². The minimum absolute atomic E-state index is 0.0624. The molecule has 1 aromatic carbocycles. The van der Waals surface area contributed by atoms with E-state index in [2.05, 4.69) is 37.4 Å². The number of aryl methyl sites for hydroxylation is 1. The van der Waals surface area contributed by atoms with Crippen LogP contribution >= 0.6 is 0 Å². The highest BCUT2D eigenvalue weighted by Crippen LogP contribution is 2.28. The average Bonchev–Trinajstić information content (AvgIpc) is 3.16. The number of hydrogen-bond donors (Lipinski definition) is 1. The lowest BCUT2D eigenvalue weighted by molar-refractivity contribution is 0.0926. The molecule has 3 rings (SSSR count). The van der Waals surface area contributed by atoms with Gasteiger partial charge in [0, 0.05) is 11.6 Å². The predicted octanol–water partition coefficient (Wildman–Crippen LogP) is 3.06.